The van der Waals surface area contributed by atoms with Gasteiger partial charge in [0, 0.05) is 22.0 Å². The van der Waals surface area contributed by atoms with E-state index in [1.807, 2.05) is 24.5 Å². The summed E-state index contributed by atoms with van der Waals surface area (Å²) >= 11 is 1.89. The van der Waals surface area contributed by atoms with Gasteiger partial charge in [0.2, 0.25) is 0 Å². The molecule has 3 aromatic rings. The highest BCUT2D eigenvalue weighted by Gasteiger charge is 2.24. The van der Waals surface area contributed by atoms with E-state index in [4.69, 9.17) is 0 Å². The molecule has 0 N–H and O–H groups in total. The molecule has 1 aliphatic rings. The Morgan fingerprint density at radius 2 is 1.82 bits per heavy atom. The monoisotopic (exact) mass is 308 g/mol. The molecule has 2 aromatic heterocycles. The fourth-order valence-electron chi connectivity index (χ4n) is 3.54. The normalized spacial score (nSPS) is 16.2. The first-order chi connectivity index (χ1) is 10.8. The average Bonchev–Trinajstić information content (AvgIpc) is 2.95. The van der Waals surface area contributed by atoms with Crippen LogP contribution in [-0.2, 0) is 0 Å². The number of thiophene rings is 1. The number of hydrogen-bond acceptors (Lipinski definition) is 3. The van der Waals surface area contributed by atoms with Gasteiger partial charge in [0.05, 0.1) is 0 Å². The van der Waals surface area contributed by atoms with Crippen molar-refractivity contribution in [1.29, 1.82) is 0 Å². The fourth-order valence-corrected chi connectivity index (χ4v) is 4.92. The summed E-state index contributed by atoms with van der Waals surface area (Å²) in [5.41, 5.74) is 2.69. The predicted octanol–water partition coefficient (Wildman–Crippen LogP) is 5.71. The van der Waals surface area contributed by atoms with Gasteiger partial charge in [0.1, 0.15) is 10.7 Å². The maximum atomic E-state index is 4.68. The standard InChI is InChI=1S/C19H20N2S/c1-13-20-12-16-17(14-8-4-2-5-9-14)18(22-19(16)21-13)15-10-6-3-7-11-15/h2,4-5,8-9,12,15H,3,6-7,10-11H2,1H3. The van der Waals surface area contributed by atoms with Crippen molar-refractivity contribution in [3.63, 3.8) is 0 Å². The number of benzene rings is 1. The lowest BCUT2D eigenvalue weighted by atomic mass is 9.85. The van der Waals surface area contributed by atoms with E-state index in [-0.39, 0.29) is 0 Å². The summed E-state index contributed by atoms with van der Waals surface area (Å²) in [6, 6.07) is 10.8. The zero-order chi connectivity index (χ0) is 14.9. The third kappa shape index (κ3) is 2.44. The molecule has 2 nitrogen and oxygen atoms in total. The summed E-state index contributed by atoms with van der Waals surface area (Å²) < 4.78 is 0. The van der Waals surface area contributed by atoms with E-state index in [2.05, 4.69) is 40.3 Å². The second-order valence-electron chi connectivity index (χ2n) is 6.18. The van der Waals surface area contributed by atoms with Gasteiger partial charge >= 0.3 is 0 Å². The lowest BCUT2D eigenvalue weighted by Crippen LogP contribution is -2.03. The quantitative estimate of drug-likeness (QED) is 0.605. The minimum absolute atomic E-state index is 0.698. The molecule has 0 saturated heterocycles. The Morgan fingerprint density at radius 1 is 1.05 bits per heavy atom. The van der Waals surface area contributed by atoms with Crippen LogP contribution in [0, 0.1) is 6.92 Å². The molecule has 22 heavy (non-hydrogen) atoms. The van der Waals surface area contributed by atoms with Crippen molar-refractivity contribution in [1.82, 2.24) is 9.97 Å². The Labute approximate surface area is 135 Å². The summed E-state index contributed by atoms with van der Waals surface area (Å²) in [7, 11) is 0. The number of fused-ring (bicyclic) bond motifs is 1. The third-order valence-corrected chi connectivity index (χ3v) is 5.90. The number of aryl methyl sites for hydroxylation is 1. The third-order valence-electron chi connectivity index (χ3n) is 4.64. The summed E-state index contributed by atoms with van der Waals surface area (Å²) in [5, 5.41) is 1.22. The molecule has 0 atom stereocenters. The lowest BCUT2D eigenvalue weighted by molar-refractivity contribution is 0.449. The summed E-state index contributed by atoms with van der Waals surface area (Å²) in [4.78, 5) is 11.8. The van der Waals surface area contributed by atoms with Crippen LogP contribution in [0.4, 0.5) is 0 Å². The molecular formula is C19H20N2S. The average molecular weight is 308 g/mol. The minimum Gasteiger partial charge on any atom is -0.241 e. The van der Waals surface area contributed by atoms with Crippen molar-refractivity contribution in [2.75, 3.05) is 0 Å². The van der Waals surface area contributed by atoms with Crippen molar-refractivity contribution in [3.05, 3.63) is 47.2 Å². The first kappa shape index (κ1) is 13.9. The maximum Gasteiger partial charge on any atom is 0.127 e. The van der Waals surface area contributed by atoms with Crippen LogP contribution in [0.3, 0.4) is 0 Å². The van der Waals surface area contributed by atoms with Gasteiger partial charge in [-0.1, -0.05) is 49.6 Å². The van der Waals surface area contributed by atoms with E-state index in [0.717, 1.165) is 10.7 Å². The SMILES string of the molecule is Cc1ncc2c(-c3ccccc3)c(C3CCCCC3)sc2n1. The minimum atomic E-state index is 0.698. The Balaban J connectivity index is 1.94. The maximum absolute atomic E-state index is 4.68. The summed E-state index contributed by atoms with van der Waals surface area (Å²) in [6.07, 6.45) is 8.76. The molecule has 1 aliphatic carbocycles. The van der Waals surface area contributed by atoms with Crippen LogP contribution in [0.15, 0.2) is 36.5 Å². The Bertz CT molecular complexity index is 786. The van der Waals surface area contributed by atoms with Crippen molar-refractivity contribution >= 4 is 21.6 Å². The molecule has 4 rings (SSSR count). The van der Waals surface area contributed by atoms with E-state index in [0.29, 0.717) is 5.92 Å². The molecule has 0 unspecified atom stereocenters. The topological polar surface area (TPSA) is 25.8 Å². The zero-order valence-electron chi connectivity index (χ0n) is 12.9. The molecule has 3 heteroatoms. The molecule has 0 spiro atoms. The van der Waals surface area contributed by atoms with E-state index in [1.165, 1.54) is 53.5 Å². The van der Waals surface area contributed by atoms with E-state index in [9.17, 15) is 0 Å². The predicted molar refractivity (Wildman–Crippen MR) is 93.4 cm³/mol. The molecule has 0 amide bonds. The fraction of sp³-hybridized carbons (Fsp3) is 0.368. The number of hydrogen-bond donors (Lipinski definition) is 0. The van der Waals surface area contributed by atoms with Gasteiger partial charge in [0.25, 0.3) is 0 Å². The number of nitrogens with zero attached hydrogens (tertiary/aromatic N) is 2. The number of aromatic nitrogens is 2. The van der Waals surface area contributed by atoms with E-state index < -0.39 is 0 Å². The molecule has 112 valence electrons. The van der Waals surface area contributed by atoms with Crippen molar-refractivity contribution < 1.29 is 0 Å². The molecule has 0 radical (unpaired) electrons. The van der Waals surface area contributed by atoms with Gasteiger partial charge in [-0.3, -0.25) is 0 Å². The van der Waals surface area contributed by atoms with Crippen LogP contribution in [0.5, 0.6) is 0 Å². The van der Waals surface area contributed by atoms with Crippen LogP contribution in [0.1, 0.15) is 48.7 Å². The Morgan fingerprint density at radius 3 is 2.59 bits per heavy atom. The van der Waals surface area contributed by atoms with Crippen LogP contribution in [0.2, 0.25) is 0 Å². The summed E-state index contributed by atoms with van der Waals surface area (Å²) in [5.74, 6) is 1.56. The van der Waals surface area contributed by atoms with Gasteiger partial charge in [-0.25, -0.2) is 9.97 Å². The lowest BCUT2D eigenvalue weighted by Gasteiger charge is -2.22. The highest BCUT2D eigenvalue weighted by atomic mass is 32.1. The molecule has 2 heterocycles. The van der Waals surface area contributed by atoms with Crippen molar-refractivity contribution in [2.45, 2.75) is 44.9 Å². The largest absolute Gasteiger partial charge is 0.241 e. The van der Waals surface area contributed by atoms with Crippen molar-refractivity contribution in [3.8, 4) is 11.1 Å². The van der Waals surface area contributed by atoms with Gasteiger partial charge in [-0.15, -0.1) is 11.3 Å². The highest BCUT2D eigenvalue weighted by Crippen LogP contribution is 2.45. The zero-order valence-corrected chi connectivity index (χ0v) is 13.7. The first-order valence-electron chi connectivity index (χ1n) is 8.14. The van der Waals surface area contributed by atoms with Gasteiger partial charge in [-0.05, 0) is 31.2 Å². The van der Waals surface area contributed by atoms with E-state index >= 15 is 0 Å². The number of rotatable bonds is 2. The second kappa shape index (κ2) is 5.81. The van der Waals surface area contributed by atoms with Crippen LogP contribution < -0.4 is 0 Å². The molecule has 0 aliphatic heterocycles. The smallest absolute Gasteiger partial charge is 0.127 e. The molecular weight excluding hydrogens is 288 g/mol. The van der Waals surface area contributed by atoms with Crippen LogP contribution in [-0.4, -0.2) is 9.97 Å². The van der Waals surface area contributed by atoms with Crippen molar-refractivity contribution in [2.24, 2.45) is 0 Å². The van der Waals surface area contributed by atoms with Gasteiger partial charge in [0.15, 0.2) is 0 Å². The summed E-state index contributed by atoms with van der Waals surface area (Å²) in [6.45, 7) is 1.97. The van der Waals surface area contributed by atoms with Gasteiger partial charge < -0.3 is 0 Å². The van der Waals surface area contributed by atoms with E-state index in [1.54, 1.807) is 0 Å². The molecule has 0 bridgehead atoms. The molecule has 1 saturated carbocycles. The van der Waals surface area contributed by atoms with Crippen LogP contribution >= 0.6 is 11.3 Å². The molecule has 1 aromatic carbocycles. The van der Waals surface area contributed by atoms with Gasteiger partial charge in [-0.2, -0.15) is 0 Å². The first-order valence-corrected chi connectivity index (χ1v) is 8.96. The Kier molecular flexibility index (Phi) is 3.67. The molecule has 1 fully saturated rings. The highest BCUT2D eigenvalue weighted by molar-refractivity contribution is 7.19. The Hall–Kier alpha value is -1.74. The van der Waals surface area contributed by atoms with Crippen LogP contribution in [0.25, 0.3) is 21.3 Å². The second-order valence-corrected chi connectivity index (χ2v) is 7.21.